The number of hydrogen-bond donors (Lipinski definition) is 0. The maximum Gasteiger partial charge on any atom is 0.491 e. The lowest BCUT2D eigenvalue weighted by Crippen LogP contribution is -2.27. The summed E-state index contributed by atoms with van der Waals surface area (Å²) in [5, 5.41) is 4.26. The van der Waals surface area contributed by atoms with Crippen LogP contribution >= 0.6 is 0 Å². The Kier molecular flexibility index (Phi) is 5.52. The van der Waals surface area contributed by atoms with Gasteiger partial charge in [-0.1, -0.05) is 53.6 Å². The molecular weight excluding hydrogens is 451 g/mol. The van der Waals surface area contributed by atoms with E-state index in [1.54, 1.807) is 12.1 Å². The Bertz CT molecular complexity index is 1570. The first-order valence-electron chi connectivity index (χ1n) is 11.0. The molecule has 5 aromatic rings. The van der Waals surface area contributed by atoms with Crippen molar-refractivity contribution in [2.75, 3.05) is 0 Å². The summed E-state index contributed by atoms with van der Waals surface area (Å²) in [5.74, 6) is -2.40. The molecule has 0 bridgehead atoms. The van der Waals surface area contributed by atoms with Crippen molar-refractivity contribution in [2.45, 2.75) is 20.0 Å². The van der Waals surface area contributed by atoms with Gasteiger partial charge in [-0.05, 0) is 77.5 Å². The number of rotatable bonds is 3. The zero-order valence-corrected chi connectivity index (χ0v) is 19.0. The van der Waals surface area contributed by atoms with Gasteiger partial charge in [0.2, 0.25) is 0 Å². The highest BCUT2D eigenvalue weighted by molar-refractivity contribution is 6.11. The molecule has 0 radical (unpaired) electrons. The van der Waals surface area contributed by atoms with E-state index in [4.69, 9.17) is 0 Å². The van der Waals surface area contributed by atoms with Gasteiger partial charge in [-0.25, -0.2) is 4.79 Å². The summed E-state index contributed by atoms with van der Waals surface area (Å²) in [6.45, 7) is 4.15. The molecule has 0 aliphatic rings. The monoisotopic (exact) mass is 471 g/mol. The van der Waals surface area contributed by atoms with Crippen molar-refractivity contribution in [3.8, 4) is 28.1 Å². The van der Waals surface area contributed by atoms with Gasteiger partial charge in [0, 0.05) is 17.1 Å². The van der Waals surface area contributed by atoms with Crippen molar-refractivity contribution in [1.29, 1.82) is 0 Å². The second-order valence-corrected chi connectivity index (χ2v) is 8.54. The Morgan fingerprint density at radius 1 is 0.714 bits per heavy atom. The summed E-state index contributed by atoms with van der Waals surface area (Å²) in [6, 6.07) is 24.5. The summed E-state index contributed by atoms with van der Waals surface area (Å²) in [4.78, 5) is 15.7. The molecule has 3 nitrogen and oxygen atoms in total. The summed E-state index contributed by atoms with van der Waals surface area (Å²) >= 11 is 0. The molecule has 174 valence electrons. The molecule has 35 heavy (non-hydrogen) atoms. The molecule has 1 aromatic heterocycles. The van der Waals surface area contributed by atoms with E-state index >= 15 is 0 Å². The zero-order chi connectivity index (χ0) is 24.7. The minimum atomic E-state index is -5.03. The van der Waals surface area contributed by atoms with E-state index in [1.165, 1.54) is 23.3 Å². The standard InChI is InChI=1S/C29H20F3NO2/c1-17-13-18(2)15-22(14-17)27-26-10-6-21-16-20(5-9-24(21)25(26)11-12-33-27)19-3-7-23(8-4-19)35-28(34)29(30,31)32/h3-16H,1-2H3. The van der Waals surface area contributed by atoms with Crippen molar-refractivity contribution in [1.82, 2.24) is 4.98 Å². The van der Waals surface area contributed by atoms with Gasteiger partial charge in [0.15, 0.2) is 0 Å². The van der Waals surface area contributed by atoms with Gasteiger partial charge in [0.1, 0.15) is 5.75 Å². The van der Waals surface area contributed by atoms with E-state index in [9.17, 15) is 18.0 Å². The van der Waals surface area contributed by atoms with Crippen molar-refractivity contribution >= 4 is 27.5 Å². The SMILES string of the molecule is Cc1cc(C)cc(-c2nccc3c2ccc2cc(-c4ccc(OC(=O)C(F)(F)F)cc4)ccc23)c1. The number of fused-ring (bicyclic) bond motifs is 3. The predicted molar refractivity (Wildman–Crippen MR) is 131 cm³/mol. The number of halogens is 3. The van der Waals surface area contributed by atoms with E-state index in [2.05, 4.69) is 53.9 Å². The Hall–Kier alpha value is -4.19. The largest absolute Gasteiger partial charge is 0.491 e. The quantitative estimate of drug-likeness (QED) is 0.153. The van der Waals surface area contributed by atoms with Crippen LogP contribution in [0.25, 0.3) is 43.9 Å². The fourth-order valence-electron chi connectivity index (χ4n) is 4.40. The molecule has 0 aliphatic carbocycles. The van der Waals surface area contributed by atoms with Crippen LogP contribution in [0.3, 0.4) is 0 Å². The molecule has 0 N–H and O–H groups in total. The highest BCUT2D eigenvalue weighted by atomic mass is 19.4. The van der Waals surface area contributed by atoms with Crippen molar-refractivity contribution in [3.05, 3.63) is 96.2 Å². The molecule has 5 rings (SSSR count). The Morgan fingerprint density at radius 2 is 1.37 bits per heavy atom. The number of carbonyl (C=O) groups excluding carboxylic acids is 1. The topological polar surface area (TPSA) is 39.2 Å². The number of hydrogen-bond acceptors (Lipinski definition) is 3. The maximum atomic E-state index is 12.4. The molecule has 6 heteroatoms. The van der Waals surface area contributed by atoms with Crippen LogP contribution in [0.15, 0.2) is 85.1 Å². The lowest BCUT2D eigenvalue weighted by atomic mass is 9.95. The van der Waals surface area contributed by atoms with Crippen molar-refractivity contribution < 1.29 is 22.7 Å². The Labute approximate surface area is 199 Å². The summed E-state index contributed by atoms with van der Waals surface area (Å²) < 4.78 is 41.6. The molecule has 0 atom stereocenters. The number of nitrogens with zero attached hydrogens (tertiary/aromatic N) is 1. The highest BCUT2D eigenvalue weighted by Crippen LogP contribution is 2.34. The molecule has 4 aromatic carbocycles. The lowest BCUT2D eigenvalue weighted by molar-refractivity contribution is -0.189. The van der Waals surface area contributed by atoms with Gasteiger partial charge < -0.3 is 4.74 Å². The first kappa shape index (κ1) is 22.6. The van der Waals surface area contributed by atoms with E-state index in [-0.39, 0.29) is 5.75 Å². The molecule has 0 saturated heterocycles. The van der Waals surface area contributed by atoms with Crippen LogP contribution in [0.5, 0.6) is 5.75 Å². The van der Waals surface area contributed by atoms with Gasteiger partial charge in [-0.2, -0.15) is 13.2 Å². The van der Waals surface area contributed by atoms with E-state index in [0.29, 0.717) is 0 Å². The zero-order valence-electron chi connectivity index (χ0n) is 19.0. The summed E-state index contributed by atoms with van der Waals surface area (Å²) in [7, 11) is 0. The average Bonchev–Trinajstić information content (AvgIpc) is 2.82. The lowest BCUT2D eigenvalue weighted by Gasteiger charge is -2.12. The number of aromatic nitrogens is 1. The molecular formula is C29H20F3NO2. The van der Waals surface area contributed by atoms with Crippen LogP contribution in [-0.4, -0.2) is 17.1 Å². The number of alkyl halides is 3. The molecule has 0 spiro atoms. The van der Waals surface area contributed by atoms with Crippen molar-refractivity contribution in [2.24, 2.45) is 0 Å². The number of pyridine rings is 1. The molecule has 0 amide bonds. The van der Waals surface area contributed by atoms with Gasteiger partial charge in [0.05, 0.1) is 5.69 Å². The van der Waals surface area contributed by atoms with Crippen LogP contribution in [-0.2, 0) is 4.79 Å². The Morgan fingerprint density at radius 3 is 2.06 bits per heavy atom. The number of carbonyl (C=O) groups is 1. The molecule has 0 aliphatic heterocycles. The van der Waals surface area contributed by atoms with Crippen molar-refractivity contribution in [3.63, 3.8) is 0 Å². The van der Waals surface area contributed by atoms with Crippen LogP contribution in [0, 0.1) is 13.8 Å². The number of esters is 1. The molecule has 0 saturated carbocycles. The number of aryl methyl sites for hydroxylation is 2. The third-order valence-corrected chi connectivity index (χ3v) is 5.89. The fourth-order valence-corrected chi connectivity index (χ4v) is 4.40. The van der Waals surface area contributed by atoms with Crippen LogP contribution in [0.4, 0.5) is 13.2 Å². The minimum absolute atomic E-state index is 0.158. The van der Waals surface area contributed by atoms with Crippen LogP contribution < -0.4 is 4.74 Å². The van der Waals surface area contributed by atoms with Gasteiger partial charge in [-0.3, -0.25) is 4.98 Å². The third-order valence-electron chi connectivity index (χ3n) is 5.89. The van der Waals surface area contributed by atoms with Gasteiger partial charge in [0.25, 0.3) is 0 Å². The van der Waals surface area contributed by atoms with E-state index in [0.717, 1.165) is 43.9 Å². The van der Waals surface area contributed by atoms with Crippen LogP contribution in [0.2, 0.25) is 0 Å². The smallest absolute Gasteiger partial charge is 0.420 e. The van der Waals surface area contributed by atoms with Crippen LogP contribution in [0.1, 0.15) is 11.1 Å². The first-order chi connectivity index (χ1) is 16.7. The second-order valence-electron chi connectivity index (χ2n) is 8.54. The number of benzene rings is 4. The highest BCUT2D eigenvalue weighted by Gasteiger charge is 2.41. The summed E-state index contributed by atoms with van der Waals surface area (Å²) in [5.41, 5.74) is 6.07. The van der Waals surface area contributed by atoms with Gasteiger partial charge >= 0.3 is 12.1 Å². The second kappa shape index (κ2) is 8.55. The normalized spacial score (nSPS) is 11.7. The van der Waals surface area contributed by atoms with Gasteiger partial charge in [-0.15, -0.1) is 0 Å². The predicted octanol–water partition coefficient (Wildman–Crippen LogP) is 7.81. The third kappa shape index (κ3) is 4.47. The number of ether oxygens (including phenoxy) is 1. The molecule has 1 heterocycles. The Balaban J connectivity index is 1.52. The summed E-state index contributed by atoms with van der Waals surface area (Å²) in [6.07, 6.45) is -3.21. The molecule has 0 unspecified atom stereocenters. The fraction of sp³-hybridized carbons (Fsp3) is 0.103. The minimum Gasteiger partial charge on any atom is -0.420 e. The first-order valence-corrected chi connectivity index (χ1v) is 11.0. The maximum absolute atomic E-state index is 12.4. The molecule has 0 fully saturated rings. The average molecular weight is 471 g/mol. The van der Waals surface area contributed by atoms with E-state index in [1.807, 2.05) is 30.5 Å². The van der Waals surface area contributed by atoms with E-state index < -0.39 is 12.1 Å².